The normalized spacial score (nSPS) is 10.6. The fourth-order valence-corrected chi connectivity index (χ4v) is 3.01. The monoisotopic (exact) mass is 364 g/mol. The number of nitrogens with zero attached hydrogens (tertiary/aromatic N) is 3. The van der Waals surface area contributed by atoms with Gasteiger partial charge in [-0.15, -0.1) is 0 Å². The highest BCUT2D eigenvalue weighted by Crippen LogP contribution is 2.19. The Morgan fingerprint density at radius 3 is 2.48 bits per heavy atom. The van der Waals surface area contributed by atoms with Gasteiger partial charge in [-0.1, -0.05) is 36.4 Å². The molecule has 0 bridgehead atoms. The van der Waals surface area contributed by atoms with Crippen molar-refractivity contribution in [2.75, 3.05) is 0 Å². The van der Waals surface area contributed by atoms with Crippen LogP contribution in [0.5, 0.6) is 0 Å². The summed E-state index contributed by atoms with van der Waals surface area (Å²) in [7, 11) is 0. The summed E-state index contributed by atoms with van der Waals surface area (Å²) in [4.78, 5) is 22.9. The highest BCUT2D eigenvalue weighted by Gasteiger charge is 2.17. The topological polar surface area (TPSA) is 90.1 Å². The third-order valence-electron chi connectivity index (χ3n) is 4.44. The van der Waals surface area contributed by atoms with Gasteiger partial charge in [-0.05, 0) is 26.0 Å². The summed E-state index contributed by atoms with van der Waals surface area (Å²) in [5, 5.41) is 18.5. The van der Waals surface area contributed by atoms with E-state index in [-0.39, 0.29) is 18.0 Å². The molecule has 3 rings (SSSR count). The van der Waals surface area contributed by atoms with Crippen molar-refractivity contribution in [3.05, 3.63) is 87.2 Å². The van der Waals surface area contributed by atoms with E-state index in [1.165, 1.54) is 6.07 Å². The van der Waals surface area contributed by atoms with Gasteiger partial charge in [-0.25, -0.2) is 4.68 Å². The predicted octanol–water partition coefficient (Wildman–Crippen LogP) is 3.26. The SMILES string of the molecule is Cc1nn(-c2ccccc2)c(C)c1CNC(=O)Cc1ccccc1[N+](=O)[O-]. The van der Waals surface area contributed by atoms with E-state index in [0.717, 1.165) is 22.6 Å². The lowest BCUT2D eigenvalue weighted by Crippen LogP contribution is -2.25. The van der Waals surface area contributed by atoms with E-state index >= 15 is 0 Å². The number of aromatic nitrogens is 2. The van der Waals surface area contributed by atoms with E-state index in [2.05, 4.69) is 10.4 Å². The second-order valence-electron chi connectivity index (χ2n) is 6.24. The minimum atomic E-state index is -0.471. The molecule has 7 nitrogen and oxygen atoms in total. The van der Waals surface area contributed by atoms with Gasteiger partial charge >= 0.3 is 0 Å². The minimum absolute atomic E-state index is 0.0396. The van der Waals surface area contributed by atoms with E-state index in [4.69, 9.17) is 0 Å². The maximum Gasteiger partial charge on any atom is 0.273 e. The summed E-state index contributed by atoms with van der Waals surface area (Å²) in [5.41, 5.74) is 4.03. The molecule has 0 aliphatic heterocycles. The maximum atomic E-state index is 12.3. The highest BCUT2D eigenvalue weighted by molar-refractivity contribution is 5.79. The number of nitro groups is 1. The largest absolute Gasteiger partial charge is 0.352 e. The van der Waals surface area contributed by atoms with Crippen LogP contribution in [0.15, 0.2) is 54.6 Å². The van der Waals surface area contributed by atoms with Crippen LogP contribution in [-0.4, -0.2) is 20.6 Å². The Labute approximate surface area is 156 Å². The summed E-state index contributed by atoms with van der Waals surface area (Å²) >= 11 is 0. The number of rotatable bonds is 6. The number of benzene rings is 2. The van der Waals surface area contributed by atoms with E-state index in [1.54, 1.807) is 18.2 Å². The Hall–Kier alpha value is -3.48. The molecule has 1 N–H and O–H groups in total. The van der Waals surface area contributed by atoms with Crippen LogP contribution in [-0.2, 0) is 17.8 Å². The predicted molar refractivity (Wildman–Crippen MR) is 102 cm³/mol. The van der Waals surface area contributed by atoms with Gasteiger partial charge in [-0.3, -0.25) is 14.9 Å². The lowest BCUT2D eigenvalue weighted by Gasteiger charge is -2.07. The van der Waals surface area contributed by atoms with Gasteiger partial charge < -0.3 is 5.32 Å². The molecule has 138 valence electrons. The van der Waals surface area contributed by atoms with Gasteiger partial charge in [0.05, 0.1) is 22.7 Å². The van der Waals surface area contributed by atoms with Crippen molar-refractivity contribution in [3.63, 3.8) is 0 Å². The molecule has 0 saturated heterocycles. The molecule has 3 aromatic rings. The zero-order chi connectivity index (χ0) is 19.4. The summed E-state index contributed by atoms with van der Waals surface area (Å²) < 4.78 is 1.85. The van der Waals surface area contributed by atoms with E-state index in [1.807, 2.05) is 48.9 Å². The van der Waals surface area contributed by atoms with Crippen LogP contribution < -0.4 is 5.32 Å². The minimum Gasteiger partial charge on any atom is -0.352 e. The second-order valence-corrected chi connectivity index (χ2v) is 6.24. The Kier molecular flexibility index (Phi) is 5.30. The van der Waals surface area contributed by atoms with E-state index in [9.17, 15) is 14.9 Å². The first-order valence-corrected chi connectivity index (χ1v) is 8.57. The molecule has 27 heavy (non-hydrogen) atoms. The molecule has 0 spiro atoms. The van der Waals surface area contributed by atoms with Gasteiger partial charge in [0, 0.05) is 29.4 Å². The van der Waals surface area contributed by atoms with Gasteiger partial charge in [0.15, 0.2) is 0 Å². The number of carbonyl (C=O) groups excluding carboxylic acids is 1. The Morgan fingerprint density at radius 1 is 1.11 bits per heavy atom. The summed E-state index contributed by atoms with van der Waals surface area (Å²) in [5.74, 6) is -0.268. The molecule has 0 aliphatic carbocycles. The van der Waals surface area contributed by atoms with Crippen LogP contribution in [0.2, 0.25) is 0 Å². The van der Waals surface area contributed by atoms with Crippen LogP contribution >= 0.6 is 0 Å². The number of para-hydroxylation sites is 2. The number of carbonyl (C=O) groups is 1. The molecule has 7 heteroatoms. The molecule has 1 heterocycles. The van der Waals surface area contributed by atoms with Crippen molar-refractivity contribution in [2.24, 2.45) is 0 Å². The molecule has 2 aromatic carbocycles. The summed E-state index contributed by atoms with van der Waals surface area (Å²) in [6.45, 7) is 4.18. The molecule has 0 saturated carbocycles. The average molecular weight is 364 g/mol. The van der Waals surface area contributed by atoms with Gasteiger partial charge in [0.2, 0.25) is 5.91 Å². The third-order valence-corrected chi connectivity index (χ3v) is 4.44. The molecule has 0 unspecified atom stereocenters. The quantitative estimate of drug-likeness (QED) is 0.537. The molecule has 1 aromatic heterocycles. The number of amides is 1. The molecule has 1 amide bonds. The first-order chi connectivity index (χ1) is 13.0. The van der Waals surface area contributed by atoms with Crippen molar-refractivity contribution in [1.82, 2.24) is 15.1 Å². The summed E-state index contributed by atoms with van der Waals surface area (Å²) in [6.07, 6.45) is -0.0396. The average Bonchev–Trinajstić information content (AvgIpc) is 2.95. The Balaban J connectivity index is 1.72. The van der Waals surface area contributed by atoms with Crippen molar-refractivity contribution >= 4 is 11.6 Å². The first-order valence-electron chi connectivity index (χ1n) is 8.57. The number of nitrogens with one attached hydrogen (secondary N) is 1. The number of hydrogen-bond donors (Lipinski definition) is 1. The standard InChI is InChI=1S/C20H20N4O3/c1-14-18(15(2)23(22-14)17-9-4-3-5-10-17)13-21-20(25)12-16-8-6-7-11-19(16)24(26)27/h3-11H,12-13H2,1-2H3,(H,21,25). The number of nitro benzene ring substituents is 1. The first kappa shape index (κ1) is 18.3. The molecule has 0 fully saturated rings. The highest BCUT2D eigenvalue weighted by atomic mass is 16.6. The molecule has 0 radical (unpaired) electrons. The lowest BCUT2D eigenvalue weighted by atomic mass is 10.1. The van der Waals surface area contributed by atoms with Gasteiger partial charge in [0.25, 0.3) is 5.69 Å². The van der Waals surface area contributed by atoms with Crippen LogP contribution in [0.25, 0.3) is 5.69 Å². The maximum absolute atomic E-state index is 12.3. The van der Waals surface area contributed by atoms with Crippen LogP contribution in [0.4, 0.5) is 5.69 Å². The zero-order valence-electron chi connectivity index (χ0n) is 15.2. The third kappa shape index (κ3) is 4.03. The van der Waals surface area contributed by atoms with Gasteiger partial charge in [0.1, 0.15) is 0 Å². The van der Waals surface area contributed by atoms with Crippen LogP contribution in [0, 0.1) is 24.0 Å². The van der Waals surface area contributed by atoms with E-state index < -0.39 is 4.92 Å². The lowest BCUT2D eigenvalue weighted by molar-refractivity contribution is -0.385. The fraction of sp³-hybridized carbons (Fsp3) is 0.200. The molecule has 0 aliphatic rings. The zero-order valence-corrected chi connectivity index (χ0v) is 15.2. The van der Waals surface area contributed by atoms with Crippen molar-refractivity contribution in [1.29, 1.82) is 0 Å². The van der Waals surface area contributed by atoms with Crippen molar-refractivity contribution < 1.29 is 9.72 Å². The Morgan fingerprint density at radius 2 is 1.78 bits per heavy atom. The van der Waals surface area contributed by atoms with Gasteiger partial charge in [-0.2, -0.15) is 5.10 Å². The number of hydrogen-bond acceptors (Lipinski definition) is 4. The van der Waals surface area contributed by atoms with Crippen molar-refractivity contribution in [2.45, 2.75) is 26.8 Å². The number of aryl methyl sites for hydroxylation is 1. The van der Waals surface area contributed by atoms with Crippen LogP contribution in [0.3, 0.4) is 0 Å². The van der Waals surface area contributed by atoms with Crippen LogP contribution in [0.1, 0.15) is 22.5 Å². The Bertz CT molecular complexity index is 980. The summed E-state index contributed by atoms with van der Waals surface area (Å²) in [6, 6.07) is 16.0. The molecule has 0 atom stereocenters. The van der Waals surface area contributed by atoms with E-state index in [0.29, 0.717) is 12.1 Å². The second kappa shape index (κ2) is 7.82. The smallest absolute Gasteiger partial charge is 0.273 e. The fourth-order valence-electron chi connectivity index (χ4n) is 3.01. The molecular formula is C20H20N4O3. The van der Waals surface area contributed by atoms with Crippen molar-refractivity contribution in [3.8, 4) is 5.69 Å². The molecular weight excluding hydrogens is 344 g/mol.